The minimum absolute atomic E-state index is 0.127. The van der Waals surface area contributed by atoms with Crippen LogP contribution in [0.4, 0.5) is 5.69 Å². The molecule has 170 valence electrons. The van der Waals surface area contributed by atoms with Crippen LogP contribution in [0.1, 0.15) is 43.4 Å². The second kappa shape index (κ2) is 11.1. The molecule has 1 N–H and O–H groups in total. The van der Waals surface area contributed by atoms with Gasteiger partial charge >= 0.3 is 0 Å². The van der Waals surface area contributed by atoms with Crippen LogP contribution >= 0.6 is 23.2 Å². The molecule has 31 heavy (non-hydrogen) atoms. The molecule has 0 saturated heterocycles. The largest absolute Gasteiger partial charge is 0.496 e. The molecular weight excluding hydrogens is 459 g/mol. The van der Waals surface area contributed by atoms with Crippen molar-refractivity contribution in [3.05, 3.63) is 57.6 Å². The van der Waals surface area contributed by atoms with Crippen LogP contribution in [0.25, 0.3) is 0 Å². The number of anilines is 1. The van der Waals surface area contributed by atoms with Gasteiger partial charge in [0.2, 0.25) is 15.9 Å². The molecule has 0 aliphatic heterocycles. The maximum absolute atomic E-state index is 12.5. The lowest BCUT2D eigenvalue weighted by atomic mass is 10.0. The third-order valence-electron chi connectivity index (χ3n) is 4.92. The van der Waals surface area contributed by atoms with E-state index in [1.807, 2.05) is 32.0 Å². The van der Waals surface area contributed by atoms with Crippen molar-refractivity contribution in [3.63, 3.8) is 0 Å². The normalized spacial score (nSPS) is 12.3. The van der Waals surface area contributed by atoms with Crippen LogP contribution < -0.4 is 14.4 Å². The summed E-state index contributed by atoms with van der Waals surface area (Å²) in [5.41, 5.74) is 2.42. The molecule has 0 fully saturated rings. The van der Waals surface area contributed by atoms with E-state index in [0.717, 1.165) is 29.6 Å². The monoisotopic (exact) mass is 486 g/mol. The first-order valence-corrected chi connectivity index (χ1v) is 12.5. The Morgan fingerprint density at radius 3 is 2.42 bits per heavy atom. The van der Waals surface area contributed by atoms with Gasteiger partial charge in [0.05, 0.1) is 35.1 Å². The summed E-state index contributed by atoms with van der Waals surface area (Å²) < 4.78 is 31.0. The van der Waals surface area contributed by atoms with E-state index in [4.69, 9.17) is 27.9 Å². The zero-order chi connectivity index (χ0) is 23.2. The van der Waals surface area contributed by atoms with Gasteiger partial charge in [-0.1, -0.05) is 42.3 Å². The van der Waals surface area contributed by atoms with E-state index in [2.05, 4.69) is 5.32 Å². The number of ether oxygens (including phenoxy) is 1. The molecule has 1 atom stereocenters. The molecule has 0 spiro atoms. The van der Waals surface area contributed by atoms with Crippen molar-refractivity contribution < 1.29 is 17.9 Å². The number of sulfonamides is 1. The lowest BCUT2D eigenvalue weighted by Crippen LogP contribution is -2.33. The number of nitrogens with one attached hydrogen (secondary N) is 1. The quantitative estimate of drug-likeness (QED) is 0.505. The Morgan fingerprint density at radius 1 is 1.16 bits per heavy atom. The smallest absolute Gasteiger partial charge is 0.232 e. The summed E-state index contributed by atoms with van der Waals surface area (Å²) in [6.07, 6.45) is 2.40. The van der Waals surface area contributed by atoms with Crippen molar-refractivity contribution in [2.45, 2.75) is 39.2 Å². The minimum Gasteiger partial charge on any atom is -0.496 e. The topological polar surface area (TPSA) is 75.7 Å². The third kappa shape index (κ3) is 7.02. The van der Waals surface area contributed by atoms with Crippen LogP contribution in [0.2, 0.25) is 10.0 Å². The predicted molar refractivity (Wildman–Crippen MR) is 127 cm³/mol. The fraction of sp³-hybridized carbons (Fsp3) is 0.409. The predicted octanol–water partition coefficient (Wildman–Crippen LogP) is 5.12. The lowest BCUT2D eigenvalue weighted by Gasteiger charge is -2.23. The molecule has 0 aromatic heterocycles. The van der Waals surface area contributed by atoms with Gasteiger partial charge in [-0.3, -0.25) is 9.10 Å². The van der Waals surface area contributed by atoms with Crippen LogP contribution in [0.3, 0.4) is 0 Å². The van der Waals surface area contributed by atoms with Gasteiger partial charge < -0.3 is 10.1 Å². The first-order valence-electron chi connectivity index (χ1n) is 9.93. The zero-order valence-electron chi connectivity index (χ0n) is 18.1. The fourth-order valence-electron chi connectivity index (χ4n) is 3.32. The summed E-state index contributed by atoms with van der Waals surface area (Å²) >= 11 is 12.0. The third-order valence-corrected chi connectivity index (χ3v) is 6.85. The molecule has 2 aromatic rings. The molecule has 0 radical (unpaired) electrons. The maximum Gasteiger partial charge on any atom is 0.232 e. The highest BCUT2D eigenvalue weighted by atomic mass is 35.5. The van der Waals surface area contributed by atoms with E-state index in [0.29, 0.717) is 17.1 Å². The second-order valence-corrected chi connectivity index (χ2v) is 10.0. The summed E-state index contributed by atoms with van der Waals surface area (Å²) in [6.45, 7) is 4.11. The number of benzene rings is 2. The van der Waals surface area contributed by atoms with E-state index >= 15 is 0 Å². The standard InChI is InChI=1S/C22H28Cl2N2O4S/c1-5-20(16-8-11-21(30-3)15(2)13-16)25-22(27)7-6-12-26(31(4,28)29)17-9-10-18(23)19(24)14-17/h8-11,13-14,20H,5-7,12H2,1-4H3,(H,25,27)/t20-/m1/s1. The molecule has 2 rings (SSSR count). The number of halogens is 2. The molecule has 0 saturated carbocycles. The number of hydrogen-bond acceptors (Lipinski definition) is 4. The Balaban J connectivity index is 2.01. The van der Waals surface area contributed by atoms with Crippen molar-refractivity contribution in [2.75, 3.05) is 24.2 Å². The fourth-order valence-corrected chi connectivity index (χ4v) is 4.57. The summed E-state index contributed by atoms with van der Waals surface area (Å²) in [4.78, 5) is 12.5. The molecule has 2 aromatic carbocycles. The highest BCUT2D eigenvalue weighted by Crippen LogP contribution is 2.29. The van der Waals surface area contributed by atoms with Gasteiger partial charge in [-0.15, -0.1) is 0 Å². The number of methoxy groups -OCH3 is 1. The van der Waals surface area contributed by atoms with E-state index in [1.54, 1.807) is 19.2 Å². The van der Waals surface area contributed by atoms with Crippen LogP contribution in [-0.2, 0) is 14.8 Å². The first kappa shape index (κ1) is 25.3. The van der Waals surface area contributed by atoms with E-state index < -0.39 is 10.0 Å². The van der Waals surface area contributed by atoms with Crippen molar-refractivity contribution in [3.8, 4) is 5.75 Å². The highest BCUT2D eigenvalue weighted by molar-refractivity contribution is 7.92. The Hall–Kier alpha value is -1.96. The van der Waals surface area contributed by atoms with Crippen molar-refractivity contribution in [2.24, 2.45) is 0 Å². The number of carbonyl (C=O) groups is 1. The Labute approximate surface area is 194 Å². The molecular formula is C22H28Cl2N2O4S. The molecule has 1 amide bonds. The number of nitrogens with zero attached hydrogens (tertiary/aromatic N) is 1. The lowest BCUT2D eigenvalue weighted by molar-refractivity contribution is -0.121. The zero-order valence-corrected chi connectivity index (χ0v) is 20.4. The summed E-state index contributed by atoms with van der Waals surface area (Å²) in [6, 6.07) is 10.4. The van der Waals surface area contributed by atoms with Gasteiger partial charge in [0.25, 0.3) is 0 Å². The average Bonchev–Trinajstić information content (AvgIpc) is 2.70. The molecule has 0 aliphatic rings. The van der Waals surface area contributed by atoms with Gasteiger partial charge in [-0.2, -0.15) is 0 Å². The number of hydrogen-bond donors (Lipinski definition) is 1. The van der Waals surface area contributed by atoms with E-state index in [9.17, 15) is 13.2 Å². The second-order valence-electron chi connectivity index (χ2n) is 7.29. The Bertz CT molecular complexity index is 1030. The number of amides is 1. The molecule has 0 heterocycles. The van der Waals surface area contributed by atoms with Crippen LogP contribution in [-0.4, -0.2) is 34.2 Å². The molecule has 0 bridgehead atoms. The summed E-state index contributed by atoms with van der Waals surface area (Å²) in [7, 11) is -1.92. The maximum atomic E-state index is 12.5. The number of carbonyl (C=O) groups excluding carboxylic acids is 1. The summed E-state index contributed by atoms with van der Waals surface area (Å²) in [5.74, 6) is 0.663. The number of aryl methyl sites for hydroxylation is 1. The van der Waals surface area contributed by atoms with Crippen molar-refractivity contribution >= 4 is 44.8 Å². The van der Waals surface area contributed by atoms with Gasteiger partial charge in [0.15, 0.2) is 0 Å². The Kier molecular flexibility index (Phi) is 9.03. The van der Waals surface area contributed by atoms with Crippen LogP contribution in [0.15, 0.2) is 36.4 Å². The van der Waals surface area contributed by atoms with E-state index in [-0.39, 0.29) is 29.9 Å². The SMILES string of the molecule is CC[C@@H](NC(=O)CCCN(c1ccc(Cl)c(Cl)c1)S(C)(=O)=O)c1ccc(OC)c(C)c1. The van der Waals surface area contributed by atoms with E-state index in [1.165, 1.54) is 10.4 Å². The van der Waals surface area contributed by atoms with Gasteiger partial charge in [-0.25, -0.2) is 8.42 Å². The average molecular weight is 487 g/mol. The minimum atomic E-state index is -3.54. The van der Waals surface area contributed by atoms with Gasteiger partial charge in [0.1, 0.15) is 5.75 Å². The Morgan fingerprint density at radius 2 is 1.87 bits per heavy atom. The van der Waals surface area contributed by atoms with Crippen LogP contribution in [0, 0.1) is 6.92 Å². The highest BCUT2D eigenvalue weighted by Gasteiger charge is 2.19. The first-order chi connectivity index (χ1) is 14.6. The molecule has 0 unspecified atom stereocenters. The van der Waals surface area contributed by atoms with Crippen molar-refractivity contribution in [1.82, 2.24) is 5.32 Å². The van der Waals surface area contributed by atoms with Crippen molar-refractivity contribution in [1.29, 1.82) is 0 Å². The molecule has 6 nitrogen and oxygen atoms in total. The van der Waals surface area contributed by atoms with Crippen LogP contribution in [0.5, 0.6) is 5.75 Å². The van der Waals surface area contributed by atoms with Gasteiger partial charge in [0, 0.05) is 13.0 Å². The number of rotatable bonds is 10. The van der Waals surface area contributed by atoms with Gasteiger partial charge in [-0.05, 0) is 55.2 Å². The molecule has 9 heteroatoms. The summed E-state index contributed by atoms with van der Waals surface area (Å²) in [5, 5.41) is 3.64. The molecule has 0 aliphatic carbocycles.